The van der Waals surface area contributed by atoms with Crippen molar-refractivity contribution in [1.82, 2.24) is 9.80 Å². The highest BCUT2D eigenvalue weighted by Gasteiger charge is 2.27. The summed E-state index contributed by atoms with van der Waals surface area (Å²) in [4.78, 5) is 16.9. The van der Waals surface area contributed by atoms with Crippen LogP contribution in [-0.2, 0) is 4.79 Å². The van der Waals surface area contributed by atoms with E-state index in [9.17, 15) is 4.79 Å². The molecule has 124 valence electrons. The summed E-state index contributed by atoms with van der Waals surface area (Å²) >= 11 is 0. The van der Waals surface area contributed by atoms with Crippen LogP contribution in [0.15, 0.2) is 0 Å². The predicted octanol–water partition coefficient (Wildman–Crippen LogP) is 2.33. The van der Waals surface area contributed by atoms with Gasteiger partial charge in [-0.2, -0.15) is 0 Å². The number of unbranched alkanes of at least 4 members (excludes halogenated alkanes) is 1. The van der Waals surface area contributed by atoms with Gasteiger partial charge in [-0.05, 0) is 45.2 Å². The van der Waals surface area contributed by atoms with Crippen LogP contribution in [0.5, 0.6) is 0 Å². The van der Waals surface area contributed by atoms with Crippen LogP contribution >= 0.6 is 0 Å². The van der Waals surface area contributed by atoms with E-state index in [-0.39, 0.29) is 11.8 Å². The Bertz CT molecular complexity index is 288. The fraction of sp³-hybridized carbons (Fsp3) is 0.941. The first kappa shape index (κ1) is 18.4. The van der Waals surface area contributed by atoms with Gasteiger partial charge in [-0.1, -0.05) is 26.7 Å². The number of nitrogens with zero attached hydrogens (tertiary/aromatic N) is 2. The molecule has 0 aliphatic carbocycles. The fourth-order valence-corrected chi connectivity index (χ4v) is 3.24. The molecule has 4 heteroatoms. The van der Waals surface area contributed by atoms with Gasteiger partial charge >= 0.3 is 0 Å². The summed E-state index contributed by atoms with van der Waals surface area (Å²) < 4.78 is 0. The number of amides is 1. The Morgan fingerprint density at radius 1 is 1.29 bits per heavy atom. The molecule has 0 bridgehead atoms. The van der Waals surface area contributed by atoms with Crippen LogP contribution < -0.4 is 5.73 Å². The van der Waals surface area contributed by atoms with Crippen LogP contribution in [0.4, 0.5) is 0 Å². The zero-order chi connectivity index (χ0) is 15.7. The van der Waals surface area contributed by atoms with Gasteiger partial charge < -0.3 is 15.5 Å². The number of hydrogen-bond acceptors (Lipinski definition) is 3. The molecule has 1 saturated heterocycles. The molecule has 1 aliphatic rings. The molecule has 4 nitrogen and oxygen atoms in total. The van der Waals surface area contributed by atoms with Crippen LogP contribution in [0, 0.1) is 11.8 Å². The summed E-state index contributed by atoms with van der Waals surface area (Å²) in [5.74, 6) is 1.08. The minimum atomic E-state index is 0.0405. The summed E-state index contributed by atoms with van der Waals surface area (Å²) in [6.45, 7) is 9.07. The first-order valence-electron chi connectivity index (χ1n) is 8.79. The largest absolute Gasteiger partial charge is 0.342 e. The zero-order valence-electron chi connectivity index (χ0n) is 14.3. The highest BCUT2D eigenvalue weighted by Crippen LogP contribution is 2.20. The van der Waals surface area contributed by atoms with Crippen molar-refractivity contribution in [1.29, 1.82) is 0 Å². The molecule has 2 N–H and O–H groups in total. The lowest BCUT2D eigenvalue weighted by Crippen LogP contribution is -2.45. The Hall–Kier alpha value is -0.610. The van der Waals surface area contributed by atoms with Gasteiger partial charge in [-0.3, -0.25) is 4.79 Å². The molecule has 0 aromatic rings. The maximum Gasteiger partial charge on any atom is 0.226 e. The number of nitrogens with two attached hydrogens (primary N) is 1. The lowest BCUT2D eigenvalue weighted by molar-refractivity contribution is -0.137. The molecule has 1 heterocycles. The van der Waals surface area contributed by atoms with Gasteiger partial charge in [0.1, 0.15) is 0 Å². The second-order valence-corrected chi connectivity index (χ2v) is 6.61. The molecule has 0 saturated carbocycles. The van der Waals surface area contributed by atoms with Crippen molar-refractivity contribution in [3.8, 4) is 0 Å². The van der Waals surface area contributed by atoms with E-state index in [2.05, 4.69) is 30.7 Å². The van der Waals surface area contributed by atoms with Crippen molar-refractivity contribution >= 4 is 5.91 Å². The molecule has 1 amide bonds. The smallest absolute Gasteiger partial charge is 0.226 e. The molecule has 0 aromatic heterocycles. The predicted molar refractivity (Wildman–Crippen MR) is 89.2 cm³/mol. The zero-order valence-corrected chi connectivity index (χ0v) is 14.3. The van der Waals surface area contributed by atoms with Crippen molar-refractivity contribution in [3.05, 3.63) is 0 Å². The molecule has 1 rings (SSSR count). The van der Waals surface area contributed by atoms with Gasteiger partial charge in [0.25, 0.3) is 0 Å². The molecular weight excluding hydrogens is 262 g/mol. The summed E-state index contributed by atoms with van der Waals surface area (Å²) in [5.41, 5.74) is 5.75. The molecule has 1 aliphatic heterocycles. The van der Waals surface area contributed by atoms with E-state index in [4.69, 9.17) is 5.73 Å². The molecule has 1 unspecified atom stereocenters. The van der Waals surface area contributed by atoms with Crippen molar-refractivity contribution in [2.75, 3.05) is 39.8 Å². The first-order valence-corrected chi connectivity index (χ1v) is 8.79. The molecule has 1 fully saturated rings. The molecule has 0 aromatic carbocycles. The minimum absolute atomic E-state index is 0.0405. The van der Waals surface area contributed by atoms with E-state index in [0.29, 0.717) is 6.54 Å². The average molecular weight is 297 g/mol. The highest BCUT2D eigenvalue weighted by atomic mass is 16.2. The van der Waals surface area contributed by atoms with E-state index in [1.807, 2.05) is 0 Å². The van der Waals surface area contributed by atoms with Crippen LogP contribution in [0.25, 0.3) is 0 Å². The third-order valence-corrected chi connectivity index (χ3v) is 4.66. The average Bonchev–Trinajstić information content (AvgIpc) is 2.50. The van der Waals surface area contributed by atoms with Gasteiger partial charge in [-0.15, -0.1) is 0 Å². The quantitative estimate of drug-likeness (QED) is 0.710. The molecule has 1 atom stereocenters. The van der Waals surface area contributed by atoms with Crippen molar-refractivity contribution < 1.29 is 4.79 Å². The van der Waals surface area contributed by atoms with Gasteiger partial charge in [0.05, 0.1) is 5.92 Å². The normalized spacial score (nSPS) is 18.2. The van der Waals surface area contributed by atoms with E-state index in [0.717, 1.165) is 44.7 Å². The molecule has 0 spiro atoms. The van der Waals surface area contributed by atoms with Gasteiger partial charge in [0.2, 0.25) is 5.91 Å². The number of rotatable bonds is 9. The Morgan fingerprint density at radius 3 is 2.48 bits per heavy atom. The van der Waals surface area contributed by atoms with E-state index in [1.165, 1.54) is 25.9 Å². The lowest BCUT2D eigenvalue weighted by Gasteiger charge is -2.35. The fourth-order valence-electron chi connectivity index (χ4n) is 3.24. The third-order valence-electron chi connectivity index (χ3n) is 4.66. The van der Waals surface area contributed by atoms with Crippen molar-refractivity contribution in [3.63, 3.8) is 0 Å². The number of hydrogen-bond donors (Lipinski definition) is 1. The summed E-state index contributed by atoms with van der Waals surface area (Å²) in [6, 6.07) is 0. The first-order chi connectivity index (χ1) is 10.1. The highest BCUT2D eigenvalue weighted by molar-refractivity contribution is 5.79. The number of likely N-dealkylation sites (tertiary alicyclic amines) is 1. The second-order valence-electron chi connectivity index (χ2n) is 6.61. The van der Waals surface area contributed by atoms with Crippen LogP contribution in [0.3, 0.4) is 0 Å². The van der Waals surface area contributed by atoms with Crippen molar-refractivity contribution in [2.24, 2.45) is 17.6 Å². The maximum absolute atomic E-state index is 12.4. The third kappa shape index (κ3) is 6.35. The Labute approximate surface area is 131 Å². The van der Waals surface area contributed by atoms with E-state index in [1.54, 1.807) is 0 Å². The van der Waals surface area contributed by atoms with Gasteiger partial charge in [0, 0.05) is 26.2 Å². The maximum atomic E-state index is 12.4. The van der Waals surface area contributed by atoms with Crippen LogP contribution in [0.2, 0.25) is 0 Å². The molecule has 0 radical (unpaired) electrons. The standard InChI is InChI=1S/C17H35N3O/c1-4-6-10-19(3)14-15-8-11-20(12-9-15)17(21)16(13-18)7-5-2/h15-16H,4-14,18H2,1-3H3. The van der Waals surface area contributed by atoms with Crippen molar-refractivity contribution in [2.45, 2.75) is 52.4 Å². The van der Waals surface area contributed by atoms with Crippen LogP contribution in [0.1, 0.15) is 52.4 Å². The molecular formula is C17H35N3O. The second kappa shape index (κ2) is 10.2. The summed E-state index contributed by atoms with van der Waals surface area (Å²) in [6.07, 6.45) is 6.79. The Kier molecular flexibility index (Phi) is 8.93. The lowest BCUT2D eigenvalue weighted by atomic mass is 9.94. The number of carbonyl (C=O) groups is 1. The van der Waals surface area contributed by atoms with E-state index >= 15 is 0 Å². The summed E-state index contributed by atoms with van der Waals surface area (Å²) in [7, 11) is 2.22. The molecule has 21 heavy (non-hydrogen) atoms. The van der Waals surface area contributed by atoms with Gasteiger partial charge in [0.15, 0.2) is 0 Å². The van der Waals surface area contributed by atoms with Crippen LogP contribution in [-0.4, -0.2) is 55.5 Å². The Balaban J connectivity index is 2.32. The summed E-state index contributed by atoms with van der Waals surface area (Å²) in [5, 5.41) is 0. The topological polar surface area (TPSA) is 49.6 Å². The van der Waals surface area contributed by atoms with E-state index < -0.39 is 0 Å². The van der Waals surface area contributed by atoms with Gasteiger partial charge in [-0.25, -0.2) is 0 Å². The SMILES string of the molecule is CCCCN(C)CC1CCN(C(=O)C(CN)CCC)CC1. The Morgan fingerprint density at radius 2 is 1.95 bits per heavy atom. The number of carbonyl (C=O) groups excluding carboxylic acids is 1. The number of piperidine rings is 1. The minimum Gasteiger partial charge on any atom is -0.342 e. The monoisotopic (exact) mass is 297 g/mol.